The van der Waals surface area contributed by atoms with Crippen molar-refractivity contribution in [2.24, 2.45) is 0 Å². The Labute approximate surface area is 142 Å². The van der Waals surface area contributed by atoms with E-state index >= 15 is 0 Å². The average molecular weight is 321 g/mol. The molecule has 2 aromatic carbocycles. The number of aromatic nitrogens is 2. The average Bonchev–Trinajstić information content (AvgIpc) is 2.99. The Bertz CT molecular complexity index is 874. The molecule has 3 aromatic rings. The number of carbonyl (C=O) groups excluding carboxylic acids is 1. The molecule has 124 valence electrons. The zero-order valence-corrected chi connectivity index (χ0v) is 14.7. The number of imidazole rings is 1. The molecule has 0 fully saturated rings. The number of anilines is 1. The van der Waals surface area contributed by atoms with Gasteiger partial charge in [0.1, 0.15) is 6.33 Å². The van der Waals surface area contributed by atoms with E-state index in [2.05, 4.69) is 37.6 Å². The molecule has 0 aliphatic carbocycles. The van der Waals surface area contributed by atoms with Crippen molar-refractivity contribution < 1.29 is 4.79 Å². The first-order valence-electron chi connectivity index (χ1n) is 8.39. The lowest BCUT2D eigenvalue weighted by Crippen LogP contribution is -2.21. The van der Waals surface area contributed by atoms with Crippen molar-refractivity contribution >= 4 is 22.6 Å². The van der Waals surface area contributed by atoms with Crippen LogP contribution in [0.3, 0.4) is 0 Å². The summed E-state index contributed by atoms with van der Waals surface area (Å²) < 4.78 is 1.63. The van der Waals surface area contributed by atoms with E-state index in [1.165, 1.54) is 5.56 Å². The molecule has 0 spiro atoms. The first kappa shape index (κ1) is 16.2. The van der Waals surface area contributed by atoms with Crippen LogP contribution >= 0.6 is 0 Å². The number of hydrogen-bond acceptors (Lipinski definition) is 3. The van der Waals surface area contributed by atoms with Gasteiger partial charge in [0.05, 0.1) is 11.0 Å². The summed E-state index contributed by atoms with van der Waals surface area (Å²) in [4.78, 5) is 19.5. The summed E-state index contributed by atoms with van der Waals surface area (Å²) in [5, 5.41) is 0. The maximum Gasteiger partial charge on any atom is 0.263 e. The van der Waals surface area contributed by atoms with Crippen molar-refractivity contribution in [2.75, 3.05) is 18.0 Å². The van der Waals surface area contributed by atoms with Gasteiger partial charge in [-0.1, -0.05) is 0 Å². The molecule has 0 unspecified atom stereocenters. The fraction of sp³-hybridized carbons (Fsp3) is 0.300. The normalized spacial score (nSPS) is 11.0. The quantitative estimate of drug-likeness (QED) is 0.723. The van der Waals surface area contributed by atoms with E-state index in [1.54, 1.807) is 10.9 Å². The monoisotopic (exact) mass is 321 g/mol. The third-order valence-electron chi connectivity index (χ3n) is 4.62. The maximum atomic E-state index is 12.8. The van der Waals surface area contributed by atoms with E-state index in [0.717, 1.165) is 35.4 Å². The van der Waals surface area contributed by atoms with Crippen molar-refractivity contribution in [1.82, 2.24) is 9.55 Å². The highest BCUT2D eigenvalue weighted by Gasteiger charge is 2.14. The molecule has 4 nitrogen and oxygen atoms in total. The fourth-order valence-corrected chi connectivity index (χ4v) is 2.97. The van der Waals surface area contributed by atoms with Crippen molar-refractivity contribution in [3.05, 3.63) is 59.4 Å². The van der Waals surface area contributed by atoms with E-state index in [1.807, 2.05) is 36.4 Å². The lowest BCUT2D eigenvalue weighted by molar-refractivity contribution is 0.0964. The third kappa shape index (κ3) is 2.80. The van der Waals surface area contributed by atoms with Crippen molar-refractivity contribution in [3.8, 4) is 0 Å². The largest absolute Gasteiger partial charge is 0.372 e. The van der Waals surface area contributed by atoms with Gasteiger partial charge < -0.3 is 4.90 Å². The number of nitrogens with zero attached hydrogens (tertiary/aromatic N) is 3. The highest BCUT2D eigenvalue weighted by molar-refractivity contribution is 6.01. The van der Waals surface area contributed by atoms with Gasteiger partial charge in [0.15, 0.2) is 0 Å². The van der Waals surface area contributed by atoms with Gasteiger partial charge in [-0.05, 0) is 75.2 Å². The van der Waals surface area contributed by atoms with E-state index in [-0.39, 0.29) is 5.91 Å². The molecule has 4 heteroatoms. The zero-order valence-electron chi connectivity index (χ0n) is 14.7. The molecule has 0 bridgehead atoms. The molecule has 3 rings (SSSR count). The second kappa shape index (κ2) is 6.48. The standard InChI is InChI=1S/C20H23N3O/c1-5-22(6-2)17-9-7-16(8-10-17)20(24)23-13-21-18-11-14(3)15(4)12-19(18)23/h7-13H,5-6H2,1-4H3. The van der Waals surface area contributed by atoms with Gasteiger partial charge in [0.2, 0.25) is 0 Å². The van der Waals surface area contributed by atoms with Crippen LogP contribution in [0.15, 0.2) is 42.7 Å². The Morgan fingerprint density at radius 2 is 1.67 bits per heavy atom. The van der Waals surface area contributed by atoms with Gasteiger partial charge >= 0.3 is 0 Å². The van der Waals surface area contributed by atoms with Crippen LogP contribution < -0.4 is 4.90 Å². The van der Waals surface area contributed by atoms with E-state index in [9.17, 15) is 4.79 Å². The first-order valence-corrected chi connectivity index (χ1v) is 8.39. The van der Waals surface area contributed by atoms with Crippen LogP contribution in [0, 0.1) is 13.8 Å². The Morgan fingerprint density at radius 1 is 1.04 bits per heavy atom. The molecular formula is C20H23N3O. The number of rotatable bonds is 4. The fourth-order valence-electron chi connectivity index (χ4n) is 2.97. The Morgan fingerprint density at radius 3 is 2.29 bits per heavy atom. The predicted molar refractivity (Wildman–Crippen MR) is 98.9 cm³/mol. The second-order valence-electron chi connectivity index (χ2n) is 6.06. The van der Waals surface area contributed by atoms with Gasteiger partial charge in [0, 0.05) is 24.3 Å². The Hall–Kier alpha value is -2.62. The Balaban J connectivity index is 1.96. The molecule has 0 saturated heterocycles. The molecule has 1 heterocycles. The van der Waals surface area contributed by atoms with Crippen LogP contribution in [-0.4, -0.2) is 28.5 Å². The number of benzene rings is 2. The minimum atomic E-state index is -0.0492. The SMILES string of the molecule is CCN(CC)c1ccc(C(=O)n2cnc3cc(C)c(C)cc32)cc1. The van der Waals surface area contributed by atoms with Crippen LogP contribution in [-0.2, 0) is 0 Å². The number of aryl methyl sites for hydroxylation is 2. The molecule has 0 aliphatic heterocycles. The molecule has 0 amide bonds. The molecule has 0 aliphatic rings. The summed E-state index contributed by atoms with van der Waals surface area (Å²) in [6.07, 6.45) is 1.62. The molecule has 1 aromatic heterocycles. The molecule has 0 saturated carbocycles. The lowest BCUT2D eigenvalue weighted by Gasteiger charge is -2.21. The summed E-state index contributed by atoms with van der Waals surface area (Å²) >= 11 is 0. The molecule has 24 heavy (non-hydrogen) atoms. The van der Waals surface area contributed by atoms with Crippen LogP contribution in [0.2, 0.25) is 0 Å². The first-order chi connectivity index (χ1) is 11.5. The van der Waals surface area contributed by atoms with Crippen LogP contribution in [0.1, 0.15) is 35.3 Å². The number of hydrogen-bond donors (Lipinski definition) is 0. The van der Waals surface area contributed by atoms with Crippen molar-refractivity contribution in [2.45, 2.75) is 27.7 Å². The van der Waals surface area contributed by atoms with Crippen molar-refractivity contribution in [1.29, 1.82) is 0 Å². The molecule has 0 N–H and O–H groups in total. The minimum Gasteiger partial charge on any atom is -0.372 e. The summed E-state index contributed by atoms with van der Waals surface area (Å²) in [7, 11) is 0. The van der Waals surface area contributed by atoms with Gasteiger partial charge in [0.25, 0.3) is 5.91 Å². The summed E-state index contributed by atoms with van der Waals surface area (Å²) in [6.45, 7) is 10.3. The van der Waals surface area contributed by atoms with Crippen LogP contribution in [0.4, 0.5) is 5.69 Å². The summed E-state index contributed by atoms with van der Waals surface area (Å²) in [5.41, 5.74) is 5.86. The molecule has 0 radical (unpaired) electrons. The minimum absolute atomic E-state index is 0.0492. The lowest BCUT2D eigenvalue weighted by atomic mass is 10.1. The summed E-state index contributed by atoms with van der Waals surface area (Å²) in [6, 6.07) is 11.9. The highest BCUT2D eigenvalue weighted by Crippen LogP contribution is 2.21. The third-order valence-corrected chi connectivity index (χ3v) is 4.62. The highest BCUT2D eigenvalue weighted by atomic mass is 16.2. The van der Waals surface area contributed by atoms with Crippen molar-refractivity contribution in [3.63, 3.8) is 0 Å². The Kier molecular flexibility index (Phi) is 4.38. The predicted octanol–water partition coefficient (Wildman–Crippen LogP) is 4.19. The van der Waals surface area contributed by atoms with E-state index in [0.29, 0.717) is 5.56 Å². The van der Waals surface area contributed by atoms with Gasteiger partial charge in [-0.15, -0.1) is 0 Å². The molecule has 0 atom stereocenters. The van der Waals surface area contributed by atoms with E-state index < -0.39 is 0 Å². The van der Waals surface area contributed by atoms with Crippen LogP contribution in [0.25, 0.3) is 11.0 Å². The summed E-state index contributed by atoms with van der Waals surface area (Å²) in [5.74, 6) is -0.0492. The number of fused-ring (bicyclic) bond motifs is 1. The van der Waals surface area contributed by atoms with Crippen LogP contribution in [0.5, 0.6) is 0 Å². The smallest absolute Gasteiger partial charge is 0.263 e. The van der Waals surface area contributed by atoms with E-state index in [4.69, 9.17) is 0 Å². The van der Waals surface area contributed by atoms with Gasteiger partial charge in [-0.3, -0.25) is 9.36 Å². The zero-order chi connectivity index (χ0) is 17.3. The maximum absolute atomic E-state index is 12.8. The number of carbonyl (C=O) groups is 1. The topological polar surface area (TPSA) is 38.1 Å². The second-order valence-corrected chi connectivity index (χ2v) is 6.06. The van der Waals surface area contributed by atoms with Gasteiger partial charge in [-0.2, -0.15) is 0 Å². The molecular weight excluding hydrogens is 298 g/mol. The van der Waals surface area contributed by atoms with Gasteiger partial charge in [-0.25, -0.2) is 4.98 Å².